The fraction of sp³-hybridized carbons (Fsp3) is 0.250. The number of phenolic OH excluding ortho intramolecular Hbond substituents is 1. The topological polar surface area (TPSA) is 72.3 Å². The quantitative estimate of drug-likeness (QED) is 0.482. The highest BCUT2D eigenvalue weighted by molar-refractivity contribution is 5.56. The predicted octanol–water partition coefficient (Wildman–Crippen LogP) is 1.54. The number of alkyl halides is 3. The van der Waals surface area contributed by atoms with E-state index in [9.17, 15) is 18.3 Å². The van der Waals surface area contributed by atoms with E-state index in [0.29, 0.717) is 0 Å². The van der Waals surface area contributed by atoms with Crippen molar-refractivity contribution in [1.82, 2.24) is 0 Å². The van der Waals surface area contributed by atoms with Gasteiger partial charge in [0.25, 0.3) is 0 Å². The number of nitrogens with two attached hydrogens (primary N) is 2. The standard InChI is InChI=1S/C8H9F3N2O/c9-8(10,11)7(13)4-2-1-3-5(12)6(4)14/h1-3,7,14H,12-13H2. The SMILES string of the molecule is Nc1cccc(C(N)C(F)(F)F)c1O. The van der Waals surface area contributed by atoms with Crippen molar-refractivity contribution in [3.05, 3.63) is 23.8 Å². The summed E-state index contributed by atoms with van der Waals surface area (Å²) in [6.45, 7) is 0. The summed E-state index contributed by atoms with van der Waals surface area (Å²) in [6.07, 6.45) is -4.59. The zero-order valence-electron chi connectivity index (χ0n) is 7.05. The largest absolute Gasteiger partial charge is 0.505 e. The van der Waals surface area contributed by atoms with Gasteiger partial charge >= 0.3 is 6.18 Å². The Bertz CT molecular complexity index is 338. The van der Waals surface area contributed by atoms with Crippen molar-refractivity contribution < 1.29 is 18.3 Å². The molecule has 0 spiro atoms. The molecule has 0 aliphatic carbocycles. The summed E-state index contributed by atoms with van der Waals surface area (Å²) >= 11 is 0. The first-order valence-electron chi connectivity index (χ1n) is 3.73. The van der Waals surface area contributed by atoms with E-state index in [-0.39, 0.29) is 5.69 Å². The van der Waals surface area contributed by atoms with Crippen LogP contribution in [0.2, 0.25) is 0 Å². The van der Waals surface area contributed by atoms with Crippen LogP contribution in [0.15, 0.2) is 18.2 Å². The van der Waals surface area contributed by atoms with Gasteiger partial charge in [-0.25, -0.2) is 0 Å². The molecule has 0 saturated heterocycles. The van der Waals surface area contributed by atoms with Gasteiger partial charge in [0.05, 0.1) is 5.69 Å². The number of nitrogen functional groups attached to an aromatic ring is 1. The minimum Gasteiger partial charge on any atom is -0.505 e. The minimum atomic E-state index is -4.59. The number of hydrogen-bond acceptors (Lipinski definition) is 3. The molecule has 14 heavy (non-hydrogen) atoms. The second kappa shape index (κ2) is 3.38. The smallest absolute Gasteiger partial charge is 0.407 e. The zero-order valence-corrected chi connectivity index (χ0v) is 7.05. The maximum Gasteiger partial charge on any atom is 0.407 e. The van der Waals surface area contributed by atoms with E-state index in [0.717, 1.165) is 6.07 Å². The summed E-state index contributed by atoms with van der Waals surface area (Å²) < 4.78 is 36.5. The van der Waals surface area contributed by atoms with Crippen molar-refractivity contribution in [1.29, 1.82) is 0 Å². The fourth-order valence-corrected chi connectivity index (χ4v) is 1.01. The predicted molar refractivity (Wildman–Crippen MR) is 45.5 cm³/mol. The normalized spacial score (nSPS) is 14.0. The van der Waals surface area contributed by atoms with Crippen molar-refractivity contribution in [2.24, 2.45) is 5.73 Å². The lowest BCUT2D eigenvalue weighted by Crippen LogP contribution is -2.28. The van der Waals surface area contributed by atoms with E-state index in [1.54, 1.807) is 0 Å². The molecule has 0 aliphatic heterocycles. The Kier molecular flexibility index (Phi) is 2.57. The molecule has 0 saturated carbocycles. The first-order valence-corrected chi connectivity index (χ1v) is 3.73. The highest BCUT2D eigenvalue weighted by atomic mass is 19.4. The number of para-hydroxylation sites is 1. The molecule has 6 heteroatoms. The fourth-order valence-electron chi connectivity index (χ4n) is 1.01. The van der Waals surface area contributed by atoms with Gasteiger partial charge in [0, 0.05) is 5.56 Å². The molecule has 1 aromatic rings. The van der Waals surface area contributed by atoms with Crippen LogP contribution < -0.4 is 11.5 Å². The lowest BCUT2D eigenvalue weighted by Gasteiger charge is -2.17. The lowest BCUT2D eigenvalue weighted by atomic mass is 10.1. The van der Waals surface area contributed by atoms with E-state index < -0.39 is 23.5 Å². The molecule has 0 radical (unpaired) electrons. The van der Waals surface area contributed by atoms with Crippen LogP contribution in [0.1, 0.15) is 11.6 Å². The Balaban J connectivity index is 3.14. The van der Waals surface area contributed by atoms with Crippen LogP contribution in [0, 0.1) is 0 Å². The van der Waals surface area contributed by atoms with Gasteiger partial charge < -0.3 is 16.6 Å². The van der Waals surface area contributed by atoms with Gasteiger partial charge in [-0.3, -0.25) is 0 Å². The highest BCUT2D eigenvalue weighted by Gasteiger charge is 2.39. The Morgan fingerprint density at radius 3 is 2.36 bits per heavy atom. The average Bonchev–Trinajstić information content (AvgIpc) is 2.07. The molecular weight excluding hydrogens is 197 g/mol. The van der Waals surface area contributed by atoms with Crippen LogP contribution >= 0.6 is 0 Å². The van der Waals surface area contributed by atoms with Gasteiger partial charge in [-0.15, -0.1) is 0 Å². The summed E-state index contributed by atoms with van der Waals surface area (Å²) in [5, 5.41) is 9.23. The molecule has 1 rings (SSSR count). The van der Waals surface area contributed by atoms with E-state index in [1.165, 1.54) is 12.1 Å². The van der Waals surface area contributed by atoms with Gasteiger partial charge in [0.1, 0.15) is 11.8 Å². The van der Waals surface area contributed by atoms with Gasteiger partial charge in [0.15, 0.2) is 0 Å². The van der Waals surface area contributed by atoms with Crippen LogP contribution in [0.5, 0.6) is 5.75 Å². The minimum absolute atomic E-state index is 0.123. The Labute approximate surface area is 78.1 Å². The van der Waals surface area contributed by atoms with Crippen LogP contribution in [-0.4, -0.2) is 11.3 Å². The maximum atomic E-state index is 12.2. The van der Waals surface area contributed by atoms with Crippen molar-refractivity contribution in [3.63, 3.8) is 0 Å². The van der Waals surface area contributed by atoms with E-state index >= 15 is 0 Å². The van der Waals surface area contributed by atoms with Crippen LogP contribution in [0.4, 0.5) is 18.9 Å². The maximum absolute atomic E-state index is 12.2. The first kappa shape index (κ1) is 10.6. The molecule has 0 amide bonds. The molecule has 0 fully saturated rings. The Morgan fingerprint density at radius 2 is 1.86 bits per heavy atom. The molecule has 1 aromatic carbocycles. The third kappa shape index (κ3) is 1.90. The Hall–Kier alpha value is -1.43. The lowest BCUT2D eigenvalue weighted by molar-refractivity contribution is -0.149. The second-order valence-electron chi connectivity index (χ2n) is 2.80. The molecule has 0 aliphatic rings. The molecular formula is C8H9F3N2O. The van der Waals surface area contributed by atoms with E-state index in [2.05, 4.69) is 0 Å². The second-order valence-corrected chi connectivity index (χ2v) is 2.80. The highest BCUT2D eigenvalue weighted by Crippen LogP contribution is 2.37. The molecule has 1 atom stereocenters. The monoisotopic (exact) mass is 206 g/mol. The van der Waals surface area contributed by atoms with Crippen LogP contribution in [0.25, 0.3) is 0 Å². The summed E-state index contributed by atoms with van der Waals surface area (Å²) in [5.41, 5.74) is 9.59. The number of benzene rings is 1. The third-order valence-corrected chi connectivity index (χ3v) is 1.79. The zero-order chi connectivity index (χ0) is 10.9. The number of rotatable bonds is 1. The molecule has 78 valence electrons. The number of aromatic hydroxyl groups is 1. The Morgan fingerprint density at radius 1 is 1.29 bits per heavy atom. The van der Waals surface area contributed by atoms with Crippen molar-refractivity contribution in [2.75, 3.05) is 5.73 Å². The van der Waals surface area contributed by atoms with E-state index in [1.807, 2.05) is 0 Å². The molecule has 3 nitrogen and oxygen atoms in total. The van der Waals surface area contributed by atoms with Crippen molar-refractivity contribution in [3.8, 4) is 5.75 Å². The van der Waals surface area contributed by atoms with Crippen LogP contribution in [0.3, 0.4) is 0 Å². The molecule has 0 bridgehead atoms. The van der Waals surface area contributed by atoms with Gasteiger partial charge in [-0.2, -0.15) is 13.2 Å². The average molecular weight is 206 g/mol. The molecule has 5 N–H and O–H groups in total. The number of hydrogen-bond donors (Lipinski definition) is 3. The summed E-state index contributed by atoms with van der Waals surface area (Å²) in [7, 11) is 0. The summed E-state index contributed by atoms with van der Waals surface area (Å²) in [6, 6.07) is 1.47. The van der Waals surface area contributed by atoms with Gasteiger partial charge in [0.2, 0.25) is 0 Å². The van der Waals surface area contributed by atoms with Crippen LogP contribution in [-0.2, 0) is 0 Å². The molecule has 0 aromatic heterocycles. The summed E-state index contributed by atoms with van der Waals surface area (Å²) in [5.74, 6) is -0.614. The molecule has 1 unspecified atom stereocenters. The van der Waals surface area contributed by atoms with Crippen molar-refractivity contribution in [2.45, 2.75) is 12.2 Å². The number of phenols is 1. The third-order valence-electron chi connectivity index (χ3n) is 1.79. The number of anilines is 1. The molecule has 0 heterocycles. The van der Waals surface area contributed by atoms with E-state index in [4.69, 9.17) is 11.5 Å². The van der Waals surface area contributed by atoms with Gasteiger partial charge in [-0.1, -0.05) is 12.1 Å². The van der Waals surface area contributed by atoms with Gasteiger partial charge in [-0.05, 0) is 6.07 Å². The summed E-state index contributed by atoms with van der Waals surface area (Å²) in [4.78, 5) is 0. The van der Waals surface area contributed by atoms with Crippen molar-refractivity contribution >= 4 is 5.69 Å². The first-order chi connectivity index (χ1) is 6.34. The number of halogens is 3.